The van der Waals surface area contributed by atoms with Crippen molar-refractivity contribution in [2.24, 2.45) is 0 Å². The van der Waals surface area contributed by atoms with Crippen molar-refractivity contribution in [3.8, 4) is 5.75 Å². The van der Waals surface area contributed by atoms with Crippen LogP contribution in [0.4, 0.5) is 0 Å². The number of benzene rings is 1. The highest BCUT2D eigenvalue weighted by Crippen LogP contribution is 2.18. The highest BCUT2D eigenvalue weighted by atomic mass is 79.9. The highest BCUT2D eigenvalue weighted by Gasteiger charge is 2.13. The Morgan fingerprint density at radius 2 is 2.20 bits per heavy atom. The maximum atomic E-state index is 5.15. The Hall–Kier alpha value is -0.800. The second kappa shape index (κ2) is 5.33. The van der Waals surface area contributed by atoms with E-state index < -0.39 is 0 Å². The van der Waals surface area contributed by atoms with E-state index in [0.29, 0.717) is 12.4 Å². The number of hydrogen-bond donors (Lipinski definition) is 0. The first-order valence-corrected chi connectivity index (χ1v) is 5.51. The first-order chi connectivity index (χ1) is 7.01. The van der Waals surface area contributed by atoms with Crippen molar-refractivity contribution >= 4 is 22.0 Å². The third kappa shape index (κ3) is 5.00. The normalized spacial score (nSPS) is 11.1. The molecule has 0 radical (unpaired) electrons. The molecule has 0 bridgehead atoms. The monoisotopic (exact) mass is 270 g/mol. The predicted octanol–water partition coefficient (Wildman–Crippen LogP) is 3.81. The van der Waals surface area contributed by atoms with Crippen molar-refractivity contribution in [1.82, 2.24) is 0 Å². The van der Waals surface area contributed by atoms with Gasteiger partial charge >= 0.3 is 0 Å². The molecule has 1 rings (SSSR count). The highest BCUT2D eigenvalue weighted by molar-refractivity contribution is 9.10. The summed E-state index contributed by atoms with van der Waals surface area (Å²) in [6, 6.07) is 7.56. The molecular formula is C12H15BrO2. The maximum Gasteiger partial charge on any atom is 0.165 e. The standard InChI is InChI=1S/C12H15BrO2/c1-4-10-6-5-7-11(8-10)15-14-9-12(2,3)13/h4-8H,1,9H2,2-3H3. The van der Waals surface area contributed by atoms with Crippen LogP contribution in [0.15, 0.2) is 30.8 Å². The van der Waals surface area contributed by atoms with Gasteiger partial charge in [0.05, 0.1) is 0 Å². The zero-order valence-corrected chi connectivity index (χ0v) is 10.6. The summed E-state index contributed by atoms with van der Waals surface area (Å²) in [7, 11) is 0. The number of rotatable bonds is 5. The summed E-state index contributed by atoms with van der Waals surface area (Å²) in [5, 5.41) is 0. The molecule has 0 aliphatic carbocycles. The second-order valence-corrected chi connectivity index (χ2v) is 5.99. The Labute approximate surface area is 99.0 Å². The van der Waals surface area contributed by atoms with E-state index in [1.165, 1.54) is 0 Å². The lowest BCUT2D eigenvalue weighted by atomic mass is 10.2. The first kappa shape index (κ1) is 12.3. The van der Waals surface area contributed by atoms with Crippen LogP contribution in [0.3, 0.4) is 0 Å². The molecule has 0 spiro atoms. The van der Waals surface area contributed by atoms with Gasteiger partial charge in [0.2, 0.25) is 0 Å². The molecule has 2 nitrogen and oxygen atoms in total. The molecule has 0 aliphatic rings. The summed E-state index contributed by atoms with van der Waals surface area (Å²) < 4.78 is -0.0803. The molecule has 0 aromatic heterocycles. The van der Waals surface area contributed by atoms with Crippen molar-refractivity contribution in [2.75, 3.05) is 6.61 Å². The van der Waals surface area contributed by atoms with Gasteiger partial charge in [0.1, 0.15) is 6.61 Å². The summed E-state index contributed by atoms with van der Waals surface area (Å²) in [6.45, 7) is 8.19. The molecular weight excluding hydrogens is 256 g/mol. The molecule has 0 aliphatic heterocycles. The molecule has 0 amide bonds. The topological polar surface area (TPSA) is 18.5 Å². The summed E-state index contributed by atoms with van der Waals surface area (Å²) in [5.74, 6) is 0.684. The zero-order chi connectivity index (χ0) is 11.3. The van der Waals surface area contributed by atoms with Crippen molar-refractivity contribution in [3.05, 3.63) is 36.4 Å². The molecule has 0 heterocycles. The van der Waals surface area contributed by atoms with Gasteiger partial charge in [0.15, 0.2) is 5.75 Å². The minimum atomic E-state index is -0.0803. The Morgan fingerprint density at radius 1 is 1.47 bits per heavy atom. The summed E-state index contributed by atoms with van der Waals surface area (Å²) in [5.41, 5.74) is 1.01. The van der Waals surface area contributed by atoms with Crippen LogP contribution in [0.2, 0.25) is 0 Å². The van der Waals surface area contributed by atoms with Crippen molar-refractivity contribution < 1.29 is 9.78 Å². The molecule has 1 aromatic carbocycles. The third-order valence-corrected chi connectivity index (χ3v) is 1.88. The average molecular weight is 271 g/mol. The molecule has 0 fully saturated rings. The number of alkyl halides is 1. The van der Waals surface area contributed by atoms with Crippen LogP contribution >= 0.6 is 15.9 Å². The van der Waals surface area contributed by atoms with E-state index in [2.05, 4.69) is 22.5 Å². The van der Waals surface area contributed by atoms with Crippen LogP contribution in [-0.2, 0) is 4.89 Å². The molecule has 0 saturated heterocycles. The molecule has 3 heteroatoms. The minimum absolute atomic E-state index is 0.0803. The fourth-order valence-electron chi connectivity index (χ4n) is 0.931. The van der Waals surface area contributed by atoms with Gasteiger partial charge in [-0.25, -0.2) is 0 Å². The average Bonchev–Trinajstić information content (AvgIpc) is 2.16. The van der Waals surface area contributed by atoms with E-state index in [0.717, 1.165) is 5.56 Å². The van der Waals surface area contributed by atoms with Gasteiger partial charge in [-0.05, 0) is 31.5 Å². The van der Waals surface area contributed by atoms with Crippen molar-refractivity contribution in [2.45, 2.75) is 18.2 Å². The van der Waals surface area contributed by atoms with E-state index in [1.54, 1.807) is 6.08 Å². The molecule has 0 atom stereocenters. The first-order valence-electron chi connectivity index (χ1n) is 4.72. The Kier molecular flexibility index (Phi) is 4.36. The fourth-order valence-corrected chi connectivity index (χ4v) is 1.02. The molecule has 0 saturated carbocycles. The number of hydrogen-bond acceptors (Lipinski definition) is 2. The van der Waals surface area contributed by atoms with E-state index in [4.69, 9.17) is 9.78 Å². The smallest absolute Gasteiger partial charge is 0.165 e. The van der Waals surface area contributed by atoms with E-state index >= 15 is 0 Å². The lowest BCUT2D eigenvalue weighted by Crippen LogP contribution is -2.19. The second-order valence-electron chi connectivity index (χ2n) is 3.84. The van der Waals surface area contributed by atoms with E-state index in [1.807, 2.05) is 38.1 Å². The van der Waals surface area contributed by atoms with Crippen LogP contribution in [0.25, 0.3) is 6.08 Å². The van der Waals surface area contributed by atoms with Crippen LogP contribution in [0.5, 0.6) is 5.75 Å². The van der Waals surface area contributed by atoms with Gasteiger partial charge in [-0.1, -0.05) is 40.7 Å². The van der Waals surface area contributed by atoms with Crippen LogP contribution in [0, 0.1) is 0 Å². The molecule has 0 N–H and O–H groups in total. The predicted molar refractivity (Wildman–Crippen MR) is 66.1 cm³/mol. The van der Waals surface area contributed by atoms with Gasteiger partial charge < -0.3 is 4.89 Å². The van der Waals surface area contributed by atoms with Gasteiger partial charge in [-0.3, -0.25) is 0 Å². The fraction of sp³-hybridized carbons (Fsp3) is 0.333. The quantitative estimate of drug-likeness (QED) is 0.460. The van der Waals surface area contributed by atoms with Crippen LogP contribution in [-0.4, -0.2) is 10.9 Å². The lowest BCUT2D eigenvalue weighted by Gasteiger charge is -2.15. The van der Waals surface area contributed by atoms with E-state index in [-0.39, 0.29) is 4.32 Å². The van der Waals surface area contributed by atoms with Crippen molar-refractivity contribution in [3.63, 3.8) is 0 Å². The van der Waals surface area contributed by atoms with Gasteiger partial charge in [0.25, 0.3) is 0 Å². The van der Waals surface area contributed by atoms with Gasteiger partial charge in [0, 0.05) is 4.32 Å². The largest absolute Gasteiger partial charge is 0.338 e. The molecule has 1 aromatic rings. The lowest BCUT2D eigenvalue weighted by molar-refractivity contribution is -0.210. The number of halogens is 1. The molecule has 0 unspecified atom stereocenters. The Bertz CT molecular complexity index is 329. The van der Waals surface area contributed by atoms with Crippen molar-refractivity contribution in [1.29, 1.82) is 0 Å². The van der Waals surface area contributed by atoms with Crippen LogP contribution in [0.1, 0.15) is 19.4 Å². The zero-order valence-electron chi connectivity index (χ0n) is 9.00. The Morgan fingerprint density at radius 3 is 2.80 bits per heavy atom. The molecule has 82 valence electrons. The third-order valence-electron chi connectivity index (χ3n) is 1.65. The van der Waals surface area contributed by atoms with Gasteiger partial charge in [-0.15, -0.1) is 0 Å². The summed E-state index contributed by atoms with van der Waals surface area (Å²) >= 11 is 3.46. The summed E-state index contributed by atoms with van der Waals surface area (Å²) in [6.07, 6.45) is 1.77. The van der Waals surface area contributed by atoms with Crippen LogP contribution < -0.4 is 4.89 Å². The maximum absolute atomic E-state index is 5.15. The van der Waals surface area contributed by atoms with E-state index in [9.17, 15) is 0 Å². The SMILES string of the molecule is C=Cc1cccc(OOCC(C)(C)Br)c1. The minimum Gasteiger partial charge on any atom is -0.338 e. The Balaban J connectivity index is 2.47. The summed E-state index contributed by atoms with van der Waals surface area (Å²) in [4.78, 5) is 10.2. The van der Waals surface area contributed by atoms with Gasteiger partial charge in [-0.2, -0.15) is 4.89 Å². The molecule has 15 heavy (non-hydrogen) atoms.